The Hall–Kier alpha value is -3.72. The van der Waals surface area contributed by atoms with Crippen LogP contribution in [-0.4, -0.2) is 44.1 Å². The number of benzene rings is 2. The Bertz CT molecular complexity index is 1250. The van der Waals surface area contributed by atoms with E-state index in [4.69, 9.17) is 4.74 Å². The zero-order chi connectivity index (χ0) is 26.7. The second-order valence-corrected chi connectivity index (χ2v) is 10.0. The number of carboxylic acid groups (broad SMARTS) is 1. The highest BCUT2D eigenvalue weighted by molar-refractivity contribution is 5.93. The van der Waals surface area contributed by atoms with E-state index in [0.717, 1.165) is 10.2 Å². The number of nitrogens with zero attached hydrogens (tertiary/aromatic N) is 2. The summed E-state index contributed by atoms with van der Waals surface area (Å²) < 4.78 is 21.6. The number of aromatic nitrogens is 2. The first-order valence-corrected chi connectivity index (χ1v) is 11.6. The quantitative estimate of drug-likeness (QED) is 0.403. The number of nitrogens with one attached hydrogen (secondary N) is 1. The number of aliphatic hydroxyl groups is 1. The molecule has 3 rings (SSSR count). The largest absolute Gasteiger partial charge is 0.481 e. The van der Waals surface area contributed by atoms with Gasteiger partial charge in [0.25, 0.3) is 5.91 Å². The van der Waals surface area contributed by atoms with Crippen LogP contribution in [0.4, 0.5) is 4.39 Å². The highest BCUT2D eigenvalue weighted by Crippen LogP contribution is 2.31. The van der Waals surface area contributed by atoms with Crippen molar-refractivity contribution in [2.24, 2.45) is 5.41 Å². The van der Waals surface area contributed by atoms with Crippen LogP contribution in [0.5, 0.6) is 5.88 Å². The average molecular weight is 498 g/mol. The van der Waals surface area contributed by atoms with Gasteiger partial charge in [0.2, 0.25) is 5.88 Å². The maximum absolute atomic E-state index is 14.6. The molecule has 0 fully saturated rings. The van der Waals surface area contributed by atoms with Gasteiger partial charge in [-0.3, -0.25) is 9.59 Å². The summed E-state index contributed by atoms with van der Waals surface area (Å²) in [6, 6.07) is 13.6. The molecule has 8 nitrogen and oxygen atoms in total. The van der Waals surface area contributed by atoms with Gasteiger partial charge in [0, 0.05) is 6.07 Å². The van der Waals surface area contributed by atoms with Gasteiger partial charge in [-0.15, -0.1) is 0 Å². The van der Waals surface area contributed by atoms with Crippen LogP contribution in [0.15, 0.2) is 54.6 Å². The zero-order valence-electron chi connectivity index (χ0n) is 21.1. The summed E-state index contributed by atoms with van der Waals surface area (Å²) in [4.78, 5) is 24.7. The molecule has 0 saturated heterocycles. The molecule has 1 unspecified atom stereocenters. The summed E-state index contributed by atoms with van der Waals surface area (Å²) in [6.07, 6.45) is -0.331. The second-order valence-electron chi connectivity index (χ2n) is 10.0. The number of ether oxygens (including phenoxy) is 1. The number of rotatable bonds is 9. The molecule has 0 spiro atoms. The van der Waals surface area contributed by atoms with Crippen molar-refractivity contribution in [3.63, 3.8) is 0 Å². The van der Waals surface area contributed by atoms with Gasteiger partial charge in [-0.2, -0.15) is 9.78 Å². The maximum atomic E-state index is 14.6. The van der Waals surface area contributed by atoms with Crippen molar-refractivity contribution in [1.29, 1.82) is 0 Å². The van der Waals surface area contributed by atoms with E-state index in [0.29, 0.717) is 5.56 Å². The second kappa shape index (κ2) is 10.5. The third-order valence-electron chi connectivity index (χ3n) is 6.35. The number of halogens is 1. The lowest BCUT2D eigenvalue weighted by atomic mass is 9.78. The summed E-state index contributed by atoms with van der Waals surface area (Å²) in [7, 11) is 0. The van der Waals surface area contributed by atoms with E-state index >= 15 is 0 Å². The monoisotopic (exact) mass is 497 g/mol. The normalized spacial score (nSPS) is 14.1. The molecule has 0 bridgehead atoms. The summed E-state index contributed by atoms with van der Waals surface area (Å²) in [5.41, 5.74) is -0.297. The van der Waals surface area contributed by atoms with Crippen molar-refractivity contribution in [1.82, 2.24) is 15.1 Å². The molecule has 36 heavy (non-hydrogen) atoms. The fourth-order valence-corrected chi connectivity index (χ4v) is 3.43. The number of amides is 1. The molecule has 9 heteroatoms. The highest BCUT2D eigenvalue weighted by Gasteiger charge is 2.36. The lowest BCUT2D eigenvalue weighted by Gasteiger charge is -2.36. The van der Waals surface area contributed by atoms with Gasteiger partial charge in [0.05, 0.1) is 12.5 Å². The van der Waals surface area contributed by atoms with E-state index in [-0.39, 0.29) is 30.3 Å². The first-order valence-electron chi connectivity index (χ1n) is 11.6. The molecule has 0 aliphatic rings. The predicted octanol–water partition coefficient (Wildman–Crippen LogP) is 4.44. The topological polar surface area (TPSA) is 114 Å². The molecule has 2 aromatic carbocycles. The molecule has 3 N–H and O–H groups in total. The van der Waals surface area contributed by atoms with Crippen LogP contribution in [0.25, 0.3) is 5.69 Å². The summed E-state index contributed by atoms with van der Waals surface area (Å²) in [5.74, 6) is -2.25. The van der Waals surface area contributed by atoms with Crippen molar-refractivity contribution in [2.75, 3.05) is 6.61 Å². The minimum Gasteiger partial charge on any atom is -0.481 e. The Labute approximate surface area is 209 Å². The van der Waals surface area contributed by atoms with Gasteiger partial charge in [-0.05, 0) is 42.5 Å². The van der Waals surface area contributed by atoms with Crippen LogP contribution in [0.1, 0.15) is 61.8 Å². The Balaban J connectivity index is 1.97. The number of carbonyl (C=O) groups is 2. The molecule has 1 heterocycles. The van der Waals surface area contributed by atoms with Crippen LogP contribution >= 0.6 is 0 Å². The molecule has 3 aromatic rings. The number of aliphatic carboxylic acids is 1. The Kier molecular flexibility index (Phi) is 7.83. The number of para-hydroxylation sites is 1. The molecule has 1 aromatic heterocycles. The SMILES string of the molecule is Cc1ccccc1C(CC(=O)O)NC(=O)c1cc(OC[C@](C)(O)C(C)(C)C)n(-c2ccccc2F)n1. The molecule has 0 aliphatic carbocycles. The fourth-order valence-electron chi connectivity index (χ4n) is 3.43. The predicted molar refractivity (Wildman–Crippen MR) is 133 cm³/mol. The van der Waals surface area contributed by atoms with Crippen molar-refractivity contribution >= 4 is 11.9 Å². The molecule has 2 atom stereocenters. The number of carboxylic acids is 1. The lowest BCUT2D eigenvalue weighted by Crippen LogP contribution is -2.45. The van der Waals surface area contributed by atoms with Gasteiger partial charge in [0.15, 0.2) is 5.69 Å². The highest BCUT2D eigenvalue weighted by atomic mass is 19.1. The lowest BCUT2D eigenvalue weighted by molar-refractivity contribution is -0.137. The van der Waals surface area contributed by atoms with E-state index in [1.807, 2.05) is 39.8 Å². The minimum atomic E-state index is -1.24. The number of hydrogen-bond donors (Lipinski definition) is 3. The van der Waals surface area contributed by atoms with Crippen LogP contribution < -0.4 is 10.1 Å². The van der Waals surface area contributed by atoms with E-state index in [9.17, 15) is 24.2 Å². The van der Waals surface area contributed by atoms with Crippen molar-refractivity contribution in [3.05, 3.63) is 77.2 Å². The van der Waals surface area contributed by atoms with E-state index in [1.165, 1.54) is 24.3 Å². The average Bonchev–Trinajstić information content (AvgIpc) is 3.21. The van der Waals surface area contributed by atoms with E-state index in [1.54, 1.807) is 25.1 Å². The van der Waals surface area contributed by atoms with Crippen molar-refractivity contribution < 1.29 is 28.9 Å². The molecular weight excluding hydrogens is 465 g/mol. The third-order valence-corrected chi connectivity index (χ3v) is 6.35. The van der Waals surface area contributed by atoms with Crippen molar-refractivity contribution in [3.8, 4) is 11.6 Å². The number of carbonyl (C=O) groups excluding carboxylic acids is 1. The molecule has 192 valence electrons. The van der Waals surface area contributed by atoms with Crippen molar-refractivity contribution in [2.45, 2.75) is 52.7 Å². The third kappa shape index (κ3) is 6.09. The number of hydrogen-bond acceptors (Lipinski definition) is 5. The first kappa shape index (κ1) is 26.9. The fraction of sp³-hybridized carbons (Fsp3) is 0.370. The molecule has 0 saturated carbocycles. The Morgan fingerprint density at radius 2 is 1.75 bits per heavy atom. The van der Waals surface area contributed by atoms with Crippen LogP contribution in [-0.2, 0) is 4.79 Å². The number of aryl methyl sites for hydroxylation is 1. The molecule has 0 aliphatic heterocycles. The minimum absolute atomic E-state index is 0.0560. The van der Waals surface area contributed by atoms with Gasteiger partial charge >= 0.3 is 5.97 Å². The van der Waals surface area contributed by atoms with Gasteiger partial charge in [-0.25, -0.2) is 4.39 Å². The standard InChI is InChI=1S/C27H32FN3O5/c1-17-10-6-7-11-18(17)20(15-24(32)33)29-25(34)21-14-23(36-16-27(5,35)26(2,3)4)31(30-21)22-13-9-8-12-19(22)28/h6-14,20,35H,15-16H2,1-5H3,(H,29,34)(H,32,33)/t20?,27-/m0/s1. The van der Waals surface area contributed by atoms with E-state index < -0.39 is 34.8 Å². The summed E-state index contributed by atoms with van der Waals surface area (Å²) in [5, 5.41) is 27.2. The van der Waals surface area contributed by atoms with Crippen LogP contribution in [0.3, 0.4) is 0 Å². The van der Waals surface area contributed by atoms with Crippen LogP contribution in [0, 0.1) is 18.2 Å². The van der Waals surface area contributed by atoms with E-state index in [2.05, 4.69) is 10.4 Å². The maximum Gasteiger partial charge on any atom is 0.305 e. The Morgan fingerprint density at radius 1 is 1.11 bits per heavy atom. The Morgan fingerprint density at radius 3 is 2.36 bits per heavy atom. The van der Waals surface area contributed by atoms with Gasteiger partial charge in [-0.1, -0.05) is 57.2 Å². The van der Waals surface area contributed by atoms with Gasteiger partial charge < -0.3 is 20.3 Å². The smallest absolute Gasteiger partial charge is 0.305 e. The summed E-state index contributed by atoms with van der Waals surface area (Å²) in [6.45, 7) is 8.90. The molecular formula is C27H32FN3O5. The van der Waals surface area contributed by atoms with Crippen LogP contribution in [0.2, 0.25) is 0 Å². The molecule has 1 amide bonds. The molecule has 0 radical (unpaired) electrons. The first-order chi connectivity index (χ1) is 16.8. The summed E-state index contributed by atoms with van der Waals surface area (Å²) >= 11 is 0. The van der Waals surface area contributed by atoms with Gasteiger partial charge in [0.1, 0.15) is 23.7 Å². The zero-order valence-corrected chi connectivity index (χ0v) is 21.1.